The Morgan fingerprint density at radius 3 is 2.70 bits per heavy atom. The van der Waals surface area contributed by atoms with Gasteiger partial charge in [0.25, 0.3) is 0 Å². The number of alkyl halides is 3. The van der Waals surface area contributed by atoms with Crippen molar-refractivity contribution in [2.75, 3.05) is 33.4 Å². The maximum absolute atomic E-state index is 12.0. The van der Waals surface area contributed by atoms with Crippen molar-refractivity contribution in [2.45, 2.75) is 38.9 Å². The van der Waals surface area contributed by atoms with E-state index >= 15 is 0 Å². The molecule has 0 unspecified atom stereocenters. The van der Waals surface area contributed by atoms with E-state index < -0.39 is 12.8 Å². The Bertz CT molecular complexity index is 617. The summed E-state index contributed by atoms with van der Waals surface area (Å²) in [6, 6.07) is 6.10. The quantitative estimate of drug-likeness (QED) is 0.367. The van der Waals surface area contributed by atoms with Gasteiger partial charge < -0.3 is 20.1 Å². The Kier molecular flexibility index (Phi) is 8.22. The third-order valence-electron chi connectivity index (χ3n) is 4.09. The van der Waals surface area contributed by atoms with E-state index in [0.29, 0.717) is 31.4 Å². The Morgan fingerprint density at radius 2 is 2.04 bits per heavy atom. The highest BCUT2D eigenvalue weighted by Gasteiger charge is 2.27. The van der Waals surface area contributed by atoms with Gasteiger partial charge in [0.1, 0.15) is 12.4 Å². The lowest BCUT2D eigenvalue weighted by atomic mass is 10.1. The first-order chi connectivity index (χ1) is 12.9. The van der Waals surface area contributed by atoms with Crippen LogP contribution < -0.4 is 15.4 Å². The van der Waals surface area contributed by atoms with Crippen LogP contribution in [-0.2, 0) is 11.3 Å². The van der Waals surface area contributed by atoms with Gasteiger partial charge in [0.2, 0.25) is 0 Å². The molecule has 0 bridgehead atoms. The van der Waals surface area contributed by atoms with Gasteiger partial charge >= 0.3 is 6.18 Å². The van der Waals surface area contributed by atoms with Crippen LogP contribution in [0.4, 0.5) is 13.2 Å². The van der Waals surface area contributed by atoms with Crippen molar-refractivity contribution in [1.82, 2.24) is 10.6 Å². The van der Waals surface area contributed by atoms with Crippen molar-refractivity contribution in [3.05, 3.63) is 29.3 Å². The van der Waals surface area contributed by atoms with Gasteiger partial charge in [-0.3, -0.25) is 4.99 Å². The third kappa shape index (κ3) is 8.99. The van der Waals surface area contributed by atoms with E-state index in [1.54, 1.807) is 7.05 Å². The van der Waals surface area contributed by atoms with Crippen molar-refractivity contribution in [1.29, 1.82) is 0 Å². The molecule has 1 aliphatic rings. The molecule has 0 amide bonds. The summed E-state index contributed by atoms with van der Waals surface area (Å²) in [7, 11) is 1.65. The zero-order chi connectivity index (χ0) is 19.7. The number of halogens is 3. The highest BCUT2D eigenvalue weighted by Crippen LogP contribution is 2.30. The van der Waals surface area contributed by atoms with E-state index in [1.807, 2.05) is 25.1 Å². The molecule has 8 heteroatoms. The van der Waals surface area contributed by atoms with Gasteiger partial charge in [-0.15, -0.1) is 0 Å². The number of nitrogens with one attached hydrogen (secondary N) is 2. The molecule has 0 radical (unpaired) electrons. The average molecular weight is 387 g/mol. The number of rotatable bonds is 10. The lowest BCUT2D eigenvalue weighted by molar-refractivity contribution is -0.173. The van der Waals surface area contributed by atoms with Crippen LogP contribution in [0.15, 0.2) is 23.2 Å². The smallest absolute Gasteiger partial charge is 0.411 e. The maximum Gasteiger partial charge on any atom is 0.411 e. The summed E-state index contributed by atoms with van der Waals surface area (Å²) in [5, 5.41) is 6.27. The molecule has 2 rings (SSSR count). The zero-order valence-electron chi connectivity index (χ0n) is 15.9. The molecular formula is C19H28F3N3O2. The molecule has 0 saturated heterocycles. The fourth-order valence-corrected chi connectivity index (χ4v) is 2.40. The summed E-state index contributed by atoms with van der Waals surface area (Å²) in [6.07, 6.45) is -1.35. The maximum atomic E-state index is 12.0. The first kappa shape index (κ1) is 21.3. The van der Waals surface area contributed by atoms with Crippen molar-refractivity contribution in [3.8, 4) is 5.75 Å². The molecular weight excluding hydrogens is 359 g/mol. The molecule has 152 valence electrons. The second-order valence-corrected chi connectivity index (χ2v) is 6.74. The SMILES string of the molecule is CN=C(NCCCOCC(F)(F)F)NCc1ccc(C)cc1OCC1CC1. The molecule has 0 heterocycles. The van der Waals surface area contributed by atoms with Crippen molar-refractivity contribution >= 4 is 5.96 Å². The van der Waals surface area contributed by atoms with E-state index in [2.05, 4.69) is 20.4 Å². The average Bonchev–Trinajstić information content (AvgIpc) is 3.43. The number of aryl methyl sites for hydroxylation is 1. The van der Waals surface area contributed by atoms with Gasteiger partial charge in [0, 0.05) is 32.3 Å². The number of guanidine groups is 1. The fourth-order valence-electron chi connectivity index (χ4n) is 2.40. The summed E-state index contributed by atoms with van der Waals surface area (Å²) in [6.45, 7) is 2.63. The van der Waals surface area contributed by atoms with Crippen molar-refractivity contribution in [2.24, 2.45) is 10.9 Å². The molecule has 5 nitrogen and oxygen atoms in total. The van der Waals surface area contributed by atoms with Crippen LogP contribution in [0.2, 0.25) is 0 Å². The summed E-state index contributed by atoms with van der Waals surface area (Å²) < 4.78 is 46.5. The number of aliphatic imine (C=N–C) groups is 1. The van der Waals surface area contributed by atoms with Gasteiger partial charge in [-0.2, -0.15) is 13.2 Å². The zero-order valence-corrected chi connectivity index (χ0v) is 15.9. The first-order valence-electron chi connectivity index (χ1n) is 9.18. The van der Waals surface area contributed by atoms with E-state index in [1.165, 1.54) is 12.8 Å². The Balaban J connectivity index is 1.71. The fraction of sp³-hybridized carbons (Fsp3) is 0.632. The topological polar surface area (TPSA) is 54.9 Å². The number of nitrogens with zero attached hydrogens (tertiary/aromatic N) is 1. The van der Waals surface area contributed by atoms with E-state index in [0.717, 1.165) is 23.5 Å². The summed E-state index contributed by atoms with van der Waals surface area (Å²) in [5.74, 6) is 2.14. The molecule has 0 aromatic heterocycles. The summed E-state index contributed by atoms with van der Waals surface area (Å²) >= 11 is 0. The van der Waals surface area contributed by atoms with Crippen LogP contribution in [-0.4, -0.2) is 45.5 Å². The highest BCUT2D eigenvalue weighted by atomic mass is 19.4. The van der Waals surface area contributed by atoms with Gasteiger partial charge in [-0.05, 0) is 43.7 Å². The van der Waals surface area contributed by atoms with Crippen molar-refractivity contribution < 1.29 is 22.6 Å². The first-order valence-corrected chi connectivity index (χ1v) is 9.18. The minimum absolute atomic E-state index is 0.0423. The van der Waals surface area contributed by atoms with Crippen LogP contribution in [0.5, 0.6) is 5.75 Å². The molecule has 0 atom stereocenters. The lowest BCUT2D eigenvalue weighted by Crippen LogP contribution is -2.37. The van der Waals surface area contributed by atoms with E-state index in [9.17, 15) is 13.2 Å². The summed E-state index contributed by atoms with van der Waals surface area (Å²) in [5.41, 5.74) is 2.18. The van der Waals surface area contributed by atoms with Crippen LogP contribution in [0, 0.1) is 12.8 Å². The normalized spacial score (nSPS) is 14.9. The molecule has 1 fully saturated rings. The number of hydrogen-bond acceptors (Lipinski definition) is 3. The molecule has 1 aromatic carbocycles. The van der Waals surface area contributed by atoms with Crippen molar-refractivity contribution in [3.63, 3.8) is 0 Å². The number of ether oxygens (including phenoxy) is 2. The van der Waals surface area contributed by atoms with E-state index in [-0.39, 0.29) is 6.61 Å². The van der Waals surface area contributed by atoms with Gasteiger partial charge in [0.15, 0.2) is 5.96 Å². The second-order valence-electron chi connectivity index (χ2n) is 6.74. The monoisotopic (exact) mass is 387 g/mol. The van der Waals surface area contributed by atoms with Crippen LogP contribution in [0.3, 0.4) is 0 Å². The minimum atomic E-state index is -4.28. The molecule has 27 heavy (non-hydrogen) atoms. The standard InChI is InChI=1S/C19H28F3N3O2/c1-14-4-7-16(17(10-14)27-12-15-5-6-15)11-25-18(23-2)24-8-3-9-26-13-19(20,21)22/h4,7,10,15H,3,5-6,8-9,11-13H2,1-2H3,(H2,23,24,25). The molecule has 0 aliphatic heterocycles. The largest absolute Gasteiger partial charge is 0.493 e. The van der Waals surface area contributed by atoms with Gasteiger partial charge in [-0.1, -0.05) is 12.1 Å². The Labute approximate surface area is 158 Å². The highest BCUT2D eigenvalue weighted by molar-refractivity contribution is 5.79. The minimum Gasteiger partial charge on any atom is -0.493 e. The van der Waals surface area contributed by atoms with Gasteiger partial charge in [-0.25, -0.2) is 0 Å². The molecule has 1 aliphatic carbocycles. The predicted molar refractivity (Wildman–Crippen MR) is 99.1 cm³/mol. The third-order valence-corrected chi connectivity index (χ3v) is 4.09. The molecule has 1 saturated carbocycles. The number of benzene rings is 1. The lowest BCUT2D eigenvalue weighted by Gasteiger charge is -2.15. The molecule has 2 N–H and O–H groups in total. The predicted octanol–water partition coefficient (Wildman–Crippen LogP) is 3.42. The second kappa shape index (κ2) is 10.4. The van der Waals surface area contributed by atoms with Crippen LogP contribution in [0.1, 0.15) is 30.4 Å². The van der Waals surface area contributed by atoms with Crippen LogP contribution in [0.25, 0.3) is 0 Å². The molecule has 0 spiro atoms. The van der Waals surface area contributed by atoms with Crippen LogP contribution >= 0.6 is 0 Å². The Morgan fingerprint density at radius 1 is 1.26 bits per heavy atom. The molecule has 1 aromatic rings. The summed E-state index contributed by atoms with van der Waals surface area (Å²) in [4.78, 5) is 4.12. The van der Waals surface area contributed by atoms with E-state index in [4.69, 9.17) is 4.74 Å². The number of hydrogen-bond donors (Lipinski definition) is 2. The Hall–Kier alpha value is -1.96. The van der Waals surface area contributed by atoms with Gasteiger partial charge in [0.05, 0.1) is 6.61 Å².